The van der Waals surface area contributed by atoms with E-state index in [1.807, 2.05) is 18.2 Å². The molecule has 2 N–H and O–H groups in total. The molecule has 1 aromatic rings. The molecular formula is C14H20N2O2. The molecule has 4 heteroatoms. The zero-order valence-electron chi connectivity index (χ0n) is 10.7. The van der Waals surface area contributed by atoms with E-state index in [1.54, 1.807) is 7.05 Å². The Morgan fingerprint density at radius 3 is 2.72 bits per heavy atom. The van der Waals surface area contributed by atoms with Gasteiger partial charge in [-0.3, -0.25) is 15.1 Å². The van der Waals surface area contributed by atoms with Crippen LogP contribution in [0.25, 0.3) is 0 Å². The summed E-state index contributed by atoms with van der Waals surface area (Å²) >= 11 is 0. The number of likely N-dealkylation sites (N-methyl/N-ethyl adjacent to an activating group) is 1. The summed E-state index contributed by atoms with van der Waals surface area (Å²) < 4.78 is 0. The van der Waals surface area contributed by atoms with Crippen molar-refractivity contribution in [1.82, 2.24) is 10.4 Å². The quantitative estimate of drug-likeness (QED) is 0.440. The summed E-state index contributed by atoms with van der Waals surface area (Å²) in [4.78, 5) is 10.9. The van der Waals surface area contributed by atoms with Crippen LogP contribution in [-0.2, 0) is 11.2 Å². The van der Waals surface area contributed by atoms with E-state index >= 15 is 0 Å². The largest absolute Gasteiger partial charge is 0.356 e. The highest BCUT2D eigenvalue weighted by Gasteiger charge is 1.97. The van der Waals surface area contributed by atoms with Gasteiger partial charge in [0, 0.05) is 25.9 Å². The lowest BCUT2D eigenvalue weighted by atomic mass is 10.1. The molecule has 0 aliphatic rings. The van der Waals surface area contributed by atoms with Gasteiger partial charge in [-0.1, -0.05) is 30.3 Å². The van der Waals surface area contributed by atoms with Crippen molar-refractivity contribution in [3.05, 3.63) is 48.2 Å². The standard InChI is InChI=1S/C14H20N2O2/c1-15-14(17)10-12-16(18)11-6-5-9-13-7-3-2-4-8-13/h2-4,7-8,10,12,18H,5-6,9,11H2,1H3,(H,15,17)/b12-10-. The zero-order chi connectivity index (χ0) is 13.2. The number of benzene rings is 1. The van der Waals surface area contributed by atoms with Crippen LogP contribution in [0, 0.1) is 0 Å². The van der Waals surface area contributed by atoms with Crippen molar-refractivity contribution in [3.63, 3.8) is 0 Å². The first-order valence-electron chi connectivity index (χ1n) is 6.11. The highest BCUT2D eigenvalue weighted by Crippen LogP contribution is 2.04. The number of rotatable bonds is 7. The van der Waals surface area contributed by atoms with Gasteiger partial charge in [-0.15, -0.1) is 0 Å². The molecule has 0 saturated carbocycles. The van der Waals surface area contributed by atoms with Gasteiger partial charge in [0.05, 0.1) is 0 Å². The molecule has 0 atom stereocenters. The van der Waals surface area contributed by atoms with Crippen LogP contribution in [0.3, 0.4) is 0 Å². The van der Waals surface area contributed by atoms with Gasteiger partial charge in [-0.2, -0.15) is 0 Å². The van der Waals surface area contributed by atoms with Crippen LogP contribution >= 0.6 is 0 Å². The van der Waals surface area contributed by atoms with Crippen LogP contribution < -0.4 is 5.32 Å². The summed E-state index contributed by atoms with van der Waals surface area (Å²) in [5.41, 5.74) is 1.31. The molecule has 98 valence electrons. The summed E-state index contributed by atoms with van der Waals surface area (Å²) in [6, 6.07) is 10.3. The third kappa shape index (κ3) is 6.06. The number of nitrogens with one attached hydrogen (secondary N) is 1. The SMILES string of the molecule is CNC(=O)/C=C\N(O)CCCCc1ccccc1. The van der Waals surface area contributed by atoms with E-state index in [9.17, 15) is 10.0 Å². The summed E-state index contributed by atoms with van der Waals surface area (Å²) in [5.74, 6) is -0.224. The molecule has 1 amide bonds. The van der Waals surface area contributed by atoms with Crippen LogP contribution in [0.5, 0.6) is 0 Å². The monoisotopic (exact) mass is 248 g/mol. The topological polar surface area (TPSA) is 52.6 Å². The first-order chi connectivity index (χ1) is 8.72. The van der Waals surface area contributed by atoms with Gasteiger partial charge in [-0.25, -0.2) is 0 Å². The molecule has 0 fully saturated rings. The summed E-state index contributed by atoms with van der Waals surface area (Å²) in [6.07, 6.45) is 5.57. The van der Waals surface area contributed by atoms with Crippen LogP contribution in [0.4, 0.5) is 0 Å². The van der Waals surface area contributed by atoms with Gasteiger partial charge in [0.1, 0.15) is 0 Å². The Morgan fingerprint density at radius 2 is 2.06 bits per heavy atom. The van der Waals surface area contributed by atoms with Gasteiger partial charge in [0.2, 0.25) is 5.91 Å². The van der Waals surface area contributed by atoms with Gasteiger partial charge in [0.25, 0.3) is 0 Å². The number of carbonyl (C=O) groups is 1. The van der Waals surface area contributed by atoms with Gasteiger partial charge in [-0.05, 0) is 24.8 Å². The Hall–Kier alpha value is -1.81. The second-order valence-corrected chi connectivity index (χ2v) is 4.04. The number of nitrogens with zero attached hydrogens (tertiary/aromatic N) is 1. The van der Waals surface area contributed by atoms with E-state index in [0.717, 1.165) is 24.3 Å². The lowest BCUT2D eigenvalue weighted by Gasteiger charge is -2.11. The zero-order valence-corrected chi connectivity index (χ0v) is 10.7. The summed E-state index contributed by atoms with van der Waals surface area (Å²) in [6.45, 7) is 0.528. The molecule has 4 nitrogen and oxygen atoms in total. The lowest BCUT2D eigenvalue weighted by Crippen LogP contribution is -2.18. The third-order valence-electron chi connectivity index (χ3n) is 2.59. The fourth-order valence-electron chi connectivity index (χ4n) is 1.56. The Kier molecular flexibility index (Phi) is 6.58. The summed E-state index contributed by atoms with van der Waals surface area (Å²) in [5, 5.41) is 12.9. The van der Waals surface area contributed by atoms with Crippen LogP contribution in [-0.4, -0.2) is 29.8 Å². The van der Waals surface area contributed by atoms with Crippen LogP contribution in [0.1, 0.15) is 18.4 Å². The highest BCUT2D eigenvalue weighted by atomic mass is 16.5. The fraction of sp³-hybridized carbons (Fsp3) is 0.357. The molecule has 1 aromatic carbocycles. The van der Waals surface area contributed by atoms with Crippen LogP contribution in [0.15, 0.2) is 42.6 Å². The Labute approximate surface area is 108 Å². The molecule has 0 aromatic heterocycles. The van der Waals surface area contributed by atoms with Crippen molar-refractivity contribution in [1.29, 1.82) is 0 Å². The molecular weight excluding hydrogens is 228 g/mol. The van der Waals surface area contributed by atoms with Crippen molar-refractivity contribution in [2.75, 3.05) is 13.6 Å². The van der Waals surface area contributed by atoms with Crippen molar-refractivity contribution < 1.29 is 10.0 Å². The highest BCUT2D eigenvalue weighted by molar-refractivity contribution is 5.86. The van der Waals surface area contributed by atoms with E-state index in [-0.39, 0.29) is 5.91 Å². The van der Waals surface area contributed by atoms with Crippen molar-refractivity contribution >= 4 is 5.91 Å². The molecule has 18 heavy (non-hydrogen) atoms. The fourth-order valence-corrected chi connectivity index (χ4v) is 1.56. The summed E-state index contributed by atoms with van der Waals surface area (Å²) in [7, 11) is 1.55. The maximum absolute atomic E-state index is 10.9. The van der Waals surface area contributed by atoms with Gasteiger partial charge < -0.3 is 5.32 Å². The number of hydroxylamine groups is 2. The van der Waals surface area contributed by atoms with E-state index < -0.39 is 0 Å². The van der Waals surface area contributed by atoms with Crippen molar-refractivity contribution in [2.24, 2.45) is 0 Å². The molecule has 0 unspecified atom stereocenters. The molecule has 0 radical (unpaired) electrons. The molecule has 0 heterocycles. The van der Waals surface area contributed by atoms with Gasteiger partial charge in [0.15, 0.2) is 0 Å². The number of unbranched alkanes of at least 4 members (excludes halogenated alkanes) is 1. The number of hydrogen-bond acceptors (Lipinski definition) is 3. The van der Waals surface area contributed by atoms with Crippen molar-refractivity contribution in [2.45, 2.75) is 19.3 Å². The first kappa shape index (κ1) is 14.3. The molecule has 0 saturated heterocycles. The van der Waals surface area contributed by atoms with Crippen LogP contribution in [0.2, 0.25) is 0 Å². The molecule has 0 aliphatic heterocycles. The Morgan fingerprint density at radius 1 is 1.33 bits per heavy atom. The first-order valence-corrected chi connectivity index (χ1v) is 6.11. The number of aryl methyl sites for hydroxylation is 1. The van der Waals surface area contributed by atoms with Crippen molar-refractivity contribution in [3.8, 4) is 0 Å². The Balaban J connectivity index is 2.14. The minimum atomic E-state index is -0.224. The smallest absolute Gasteiger partial charge is 0.245 e. The molecule has 0 bridgehead atoms. The minimum Gasteiger partial charge on any atom is -0.356 e. The normalized spacial score (nSPS) is 10.6. The molecule has 1 rings (SSSR count). The predicted molar refractivity (Wildman–Crippen MR) is 71.1 cm³/mol. The van der Waals surface area contributed by atoms with E-state index in [1.165, 1.54) is 17.8 Å². The third-order valence-corrected chi connectivity index (χ3v) is 2.59. The Bertz CT molecular complexity index is 377. The average molecular weight is 248 g/mol. The van der Waals surface area contributed by atoms with E-state index in [0.29, 0.717) is 6.54 Å². The number of amides is 1. The van der Waals surface area contributed by atoms with Gasteiger partial charge >= 0.3 is 0 Å². The maximum Gasteiger partial charge on any atom is 0.245 e. The maximum atomic E-state index is 10.9. The lowest BCUT2D eigenvalue weighted by molar-refractivity contribution is -0.116. The second-order valence-electron chi connectivity index (χ2n) is 4.04. The average Bonchev–Trinajstić information content (AvgIpc) is 2.42. The number of hydrogen-bond donors (Lipinski definition) is 2. The second kappa shape index (κ2) is 8.31. The van der Waals surface area contributed by atoms with E-state index in [2.05, 4.69) is 17.4 Å². The van der Waals surface area contributed by atoms with E-state index in [4.69, 9.17) is 0 Å². The molecule has 0 aliphatic carbocycles. The predicted octanol–water partition coefficient (Wildman–Crippen LogP) is 1.96. The molecule has 0 spiro atoms. The minimum absolute atomic E-state index is 0.224. The number of carbonyl (C=O) groups excluding carboxylic acids is 1.